The molecule has 0 saturated carbocycles. The summed E-state index contributed by atoms with van der Waals surface area (Å²) < 4.78 is 0. The van der Waals surface area contributed by atoms with Gasteiger partial charge < -0.3 is 15.2 Å². The molecule has 0 rings (SSSR count). The van der Waals surface area contributed by atoms with E-state index in [4.69, 9.17) is 5.11 Å². The van der Waals surface area contributed by atoms with Crippen molar-refractivity contribution in [3.8, 4) is 0 Å². The number of carbonyl (C=O) groups excluding carboxylic acids is 1. The van der Waals surface area contributed by atoms with Gasteiger partial charge in [0.05, 0.1) is 5.91 Å². The van der Waals surface area contributed by atoms with Crippen LogP contribution < -0.4 is 24.2 Å². The molecule has 0 fully saturated rings. The van der Waals surface area contributed by atoms with E-state index in [1.54, 1.807) is 20.8 Å². The topological polar surface area (TPSA) is 66.4 Å². The number of carboxylic acids is 1. The van der Waals surface area contributed by atoms with Gasteiger partial charge in [-0.05, 0) is 20.8 Å². The van der Waals surface area contributed by atoms with E-state index in [1.807, 2.05) is 0 Å². The number of carbonyl (C=O) groups is 2. The normalized spacial score (nSPS) is 9.85. The maximum absolute atomic E-state index is 11.1. The van der Waals surface area contributed by atoms with Gasteiger partial charge in [-0.15, -0.1) is 0 Å². The van der Waals surface area contributed by atoms with Crippen LogP contribution in [-0.2, 0) is 9.59 Å². The van der Waals surface area contributed by atoms with Crippen LogP contribution in [0.2, 0.25) is 0 Å². The number of aliphatic carboxylic acids is 1. The zero-order valence-electron chi connectivity index (χ0n) is 8.76. The molecule has 5 heteroatoms. The molecule has 4 nitrogen and oxygen atoms in total. The van der Waals surface area contributed by atoms with Crippen molar-refractivity contribution in [2.75, 3.05) is 0 Å². The van der Waals surface area contributed by atoms with Crippen LogP contribution in [-0.4, -0.2) is 22.5 Å². The van der Waals surface area contributed by atoms with E-state index in [2.05, 4.69) is 5.32 Å². The zero-order chi connectivity index (χ0) is 9.94. The summed E-state index contributed by atoms with van der Waals surface area (Å²) in [5, 5.41) is 11.0. The minimum atomic E-state index is -1.18. The van der Waals surface area contributed by atoms with Crippen LogP contribution in [0.1, 0.15) is 27.7 Å². The molecule has 0 aliphatic rings. The molecular weight excluding hydrogens is 165 g/mol. The van der Waals surface area contributed by atoms with Gasteiger partial charge in [0.2, 0.25) is 0 Å². The van der Waals surface area contributed by atoms with Gasteiger partial charge in [0, 0.05) is 5.54 Å². The van der Waals surface area contributed by atoms with Gasteiger partial charge >= 0.3 is 18.9 Å². The quantitative estimate of drug-likeness (QED) is 0.282. The largest absolute Gasteiger partial charge is 1.00 e. The van der Waals surface area contributed by atoms with Gasteiger partial charge in [-0.1, -0.05) is 0 Å². The summed E-state index contributed by atoms with van der Waals surface area (Å²) in [6.45, 7) is 6.66. The number of nitrogens with one attached hydrogen (secondary N) is 1. The molecule has 0 aromatic carbocycles. The summed E-state index contributed by atoms with van der Waals surface area (Å²) in [4.78, 5) is 21.4. The molecule has 70 valence electrons. The molecule has 0 aliphatic heterocycles. The molecule has 0 spiro atoms. The third-order valence-electron chi connectivity index (χ3n) is 1.15. The van der Waals surface area contributed by atoms with Gasteiger partial charge in [0.15, 0.2) is 5.97 Å². The van der Waals surface area contributed by atoms with Crippen LogP contribution in [0, 0.1) is 5.92 Å². The molecule has 13 heavy (non-hydrogen) atoms. The maximum Gasteiger partial charge on any atom is 1.00 e. The fraction of sp³-hybridized carbons (Fsp3) is 0.625. The molecule has 0 bridgehead atoms. The van der Waals surface area contributed by atoms with Crippen molar-refractivity contribution in [2.45, 2.75) is 33.2 Å². The number of rotatable bonds is 2. The van der Waals surface area contributed by atoms with E-state index in [0.717, 1.165) is 0 Å². The molecule has 0 saturated heterocycles. The molecular formula is C8H14LiNO3. The third kappa shape index (κ3) is 6.56. The van der Waals surface area contributed by atoms with Crippen LogP contribution in [0.3, 0.4) is 0 Å². The van der Waals surface area contributed by atoms with Crippen LogP contribution >= 0.6 is 0 Å². The van der Waals surface area contributed by atoms with E-state index < -0.39 is 17.4 Å². The Morgan fingerprint density at radius 3 is 1.92 bits per heavy atom. The maximum atomic E-state index is 11.1. The summed E-state index contributed by atoms with van der Waals surface area (Å²) in [5.41, 5.74) is -0.395. The van der Waals surface area contributed by atoms with Crippen LogP contribution in [0.4, 0.5) is 0 Å². The molecule has 0 aliphatic carbocycles. The molecule has 0 heterocycles. The molecule has 0 aromatic heterocycles. The van der Waals surface area contributed by atoms with Gasteiger partial charge in [0.1, 0.15) is 0 Å². The zero-order valence-corrected chi connectivity index (χ0v) is 8.76. The number of carboxylic acid groups (broad SMARTS) is 1. The van der Waals surface area contributed by atoms with Crippen molar-refractivity contribution in [1.82, 2.24) is 5.32 Å². The second kappa shape index (κ2) is 5.20. The van der Waals surface area contributed by atoms with Crippen molar-refractivity contribution in [3.63, 3.8) is 0 Å². The second-order valence-corrected chi connectivity index (χ2v) is 3.63. The molecule has 0 unspecified atom stereocenters. The Morgan fingerprint density at radius 2 is 1.69 bits per heavy atom. The SMILES string of the molecule is C[C-](C(=O)O)C(=O)NC(C)(C)C.[Li+]. The van der Waals surface area contributed by atoms with Gasteiger partial charge in [-0.3, -0.25) is 4.79 Å². The van der Waals surface area contributed by atoms with E-state index in [9.17, 15) is 9.59 Å². The molecule has 0 aromatic rings. The van der Waals surface area contributed by atoms with E-state index in [-0.39, 0.29) is 24.8 Å². The Labute approximate surface area is 90.3 Å². The first-order valence-corrected chi connectivity index (χ1v) is 3.63. The Bertz CT molecular complexity index is 198. The summed E-state index contributed by atoms with van der Waals surface area (Å²) in [7, 11) is 0. The molecule has 1 amide bonds. The summed E-state index contributed by atoms with van der Waals surface area (Å²) >= 11 is 0. The Kier molecular flexibility index (Phi) is 5.97. The summed E-state index contributed by atoms with van der Waals surface area (Å²) in [5.74, 6) is -1.91. The predicted octanol–water partition coefficient (Wildman–Crippen LogP) is -2.42. The number of hydrogen-bond donors (Lipinski definition) is 2. The van der Waals surface area contributed by atoms with Crippen molar-refractivity contribution in [3.05, 3.63) is 5.92 Å². The van der Waals surface area contributed by atoms with Gasteiger partial charge in [-0.2, -0.15) is 12.8 Å². The van der Waals surface area contributed by atoms with Crippen molar-refractivity contribution in [1.29, 1.82) is 0 Å². The molecule has 0 atom stereocenters. The Balaban J connectivity index is 0. The average Bonchev–Trinajstić information content (AvgIpc) is 1.82. The predicted molar refractivity (Wildman–Crippen MR) is 44.4 cm³/mol. The summed E-state index contributed by atoms with van der Waals surface area (Å²) in [6.07, 6.45) is 0. The minimum Gasteiger partial charge on any atom is -0.503 e. The smallest absolute Gasteiger partial charge is 0.503 e. The monoisotopic (exact) mass is 179 g/mol. The minimum absolute atomic E-state index is 0. The molecule has 2 N–H and O–H groups in total. The van der Waals surface area contributed by atoms with Gasteiger partial charge in [0.25, 0.3) is 0 Å². The first-order valence-electron chi connectivity index (χ1n) is 3.63. The van der Waals surface area contributed by atoms with Crippen LogP contribution in [0.15, 0.2) is 0 Å². The summed E-state index contributed by atoms with van der Waals surface area (Å²) in [6, 6.07) is 0. The van der Waals surface area contributed by atoms with Crippen molar-refractivity contribution >= 4 is 11.9 Å². The van der Waals surface area contributed by atoms with Crippen molar-refractivity contribution in [2.24, 2.45) is 0 Å². The average molecular weight is 179 g/mol. The van der Waals surface area contributed by atoms with Crippen LogP contribution in [0.5, 0.6) is 0 Å². The van der Waals surface area contributed by atoms with E-state index >= 15 is 0 Å². The second-order valence-electron chi connectivity index (χ2n) is 3.63. The Hall–Kier alpha value is -0.593. The number of hydrogen-bond acceptors (Lipinski definition) is 2. The van der Waals surface area contributed by atoms with Gasteiger partial charge in [-0.25, -0.2) is 0 Å². The van der Waals surface area contributed by atoms with E-state index in [1.165, 1.54) is 6.92 Å². The first kappa shape index (κ1) is 14.9. The first-order chi connectivity index (χ1) is 5.24. The fourth-order valence-electron chi connectivity index (χ4n) is 0.531. The fourth-order valence-corrected chi connectivity index (χ4v) is 0.531. The van der Waals surface area contributed by atoms with Crippen molar-refractivity contribution < 1.29 is 33.6 Å². The third-order valence-corrected chi connectivity index (χ3v) is 1.15. The number of amides is 1. The molecule has 0 radical (unpaired) electrons. The standard InChI is InChI=1S/C8H14NO3.Li/c1-5(7(11)12)6(10)9-8(2,3)4;/h1-4H3,(H,9,10)(H,11,12);/q-1;+1. The Morgan fingerprint density at radius 1 is 1.31 bits per heavy atom. The van der Waals surface area contributed by atoms with Crippen LogP contribution in [0.25, 0.3) is 0 Å². The van der Waals surface area contributed by atoms with E-state index in [0.29, 0.717) is 0 Å².